The minimum absolute atomic E-state index is 0.132. The molecule has 5 rings (SSSR count). The van der Waals surface area contributed by atoms with Crippen molar-refractivity contribution in [3.05, 3.63) is 107 Å². The minimum atomic E-state index is -0.467. The zero-order valence-corrected chi connectivity index (χ0v) is 16.7. The summed E-state index contributed by atoms with van der Waals surface area (Å²) in [6, 6.07) is 26.1. The van der Waals surface area contributed by atoms with Gasteiger partial charge in [-0.15, -0.1) is 0 Å². The van der Waals surface area contributed by atoms with Gasteiger partial charge in [-0.05, 0) is 29.8 Å². The van der Waals surface area contributed by atoms with Gasteiger partial charge < -0.3 is 14.2 Å². The number of nitrogens with zero attached hydrogens (tertiary/aromatic N) is 1. The second-order valence-electron chi connectivity index (χ2n) is 7.34. The molecule has 6 heteroatoms. The number of benzene rings is 3. The van der Waals surface area contributed by atoms with Gasteiger partial charge in [0.05, 0.1) is 5.52 Å². The monoisotopic (exact) mass is 412 g/mol. The number of hydrogen-bond donors (Lipinski definition) is 1. The van der Waals surface area contributed by atoms with E-state index in [1.54, 1.807) is 18.2 Å². The van der Waals surface area contributed by atoms with Gasteiger partial charge in [-0.2, -0.15) is 0 Å². The topological polar surface area (TPSA) is 77.4 Å². The quantitative estimate of drug-likeness (QED) is 0.441. The molecule has 3 aromatic carbocycles. The zero-order valence-electron chi connectivity index (χ0n) is 16.7. The summed E-state index contributed by atoms with van der Waals surface area (Å²) in [5, 5.41) is 4.04. The van der Waals surface area contributed by atoms with Gasteiger partial charge in [-0.3, -0.25) is 9.36 Å². The number of rotatable bonds is 6. The highest BCUT2D eigenvalue weighted by Gasteiger charge is 2.21. The number of aromatic nitrogens is 1. The number of furan rings is 1. The Bertz CT molecular complexity index is 1380. The largest absolute Gasteiger partial charge is 0.459 e. The van der Waals surface area contributed by atoms with E-state index >= 15 is 0 Å². The van der Waals surface area contributed by atoms with Gasteiger partial charge in [0, 0.05) is 18.4 Å². The third kappa shape index (κ3) is 3.75. The van der Waals surface area contributed by atoms with Gasteiger partial charge in [-0.1, -0.05) is 60.7 Å². The highest BCUT2D eigenvalue weighted by Crippen LogP contribution is 2.28. The Kier molecular flexibility index (Phi) is 4.88. The lowest BCUT2D eigenvalue weighted by Crippen LogP contribution is -2.30. The fourth-order valence-corrected chi connectivity index (χ4v) is 3.78. The van der Waals surface area contributed by atoms with Crippen LogP contribution in [-0.4, -0.2) is 10.5 Å². The Morgan fingerprint density at radius 2 is 1.58 bits per heavy atom. The number of nitrogens with one attached hydrogen (secondary N) is 1. The van der Waals surface area contributed by atoms with Gasteiger partial charge >= 0.3 is 5.76 Å². The summed E-state index contributed by atoms with van der Waals surface area (Å²) in [5.41, 5.74) is 2.87. The van der Waals surface area contributed by atoms with Crippen molar-refractivity contribution >= 4 is 28.0 Å². The highest BCUT2D eigenvalue weighted by atomic mass is 16.4. The molecule has 1 N–H and O–H groups in total. The lowest BCUT2D eigenvalue weighted by atomic mass is 10.0. The first-order chi connectivity index (χ1) is 15.2. The summed E-state index contributed by atoms with van der Waals surface area (Å²) in [6.45, 7) is 0.226. The Labute approximate surface area is 177 Å². The Morgan fingerprint density at radius 3 is 2.39 bits per heavy atom. The molecule has 0 aliphatic rings. The molecule has 0 aliphatic carbocycles. The van der Waals surface area contributed by atoms with E-state index in [9.17, 15) is 9.59 Å². The van der Waals surface area contributed by atoms with Gasteiger partial charge in [0.2, 0.25) is 5.91 Å². The normalized spacial score (nSPS) is 12.3. The van der Waals surface area contributed by atoms with Crippen LogP contribution in [0.25, 0.3) is 22.1 Å². The second kappa shape index (κ2) is 7.99. The fraction of sp³-hybridized carbons (Fsp3) is 0.120. The van der Waals surface area contributed by atoms with Crippen molar-refractivity contribution in [1.29, 1.82) is 0 Å². The third-order valence-electron chi connectivity index (χ3n) is 5.30. The van der Waals surface area contributed by atoms with Gasteiger partial charge in [0.15, 0.2) is 5.58 Å². The first kappa shape index (κ1) is 18.9. The number of carbonyl (C=O) groups is 1. The number of hydrogen-bond acceptors (Lipinski definition) is 4. The molecule has 0 spiro atoms. The maximum absolute atomic E-state index is 12.9. The van der Waals surface area contributed by atoms with Gasteiger partial charge in [0.1, 0.15) is 17.4 Å². The van der Waals surface area contributed by atoms with Crippen LogP contribution in [0.1, 0.15) is 23.8 Å². The van der Waals surface area contributed by atoms with E-state index in [2.05, 4.69) is 5.32 Å². The second-order valence-corrected chi connectivity index (χ2v) is 7.34. The van der Waals surface area contributed by atoms with Gasteiger partial charge in [-0.25, -0.2) is 4.79 Å². The molecular formula is C25H20N2O4. The van der Waals surface area contributed by atoms with Crippen LogP contribution in [0.5, 0.6) is 0 Å². The molecule has 1 atom stereocenters. The lowest BCUT2D eigenvalue weighted by Gasteiger charge is -2.17. The number of carbonyl (C=O) groups excluding carboxylic acids is 1. The molecule has 31 heavy (non-hydrogen) atoms. The molecule has 0 saturated heterocycles. The number of aryl methyl sites for hydroxylation is 1. The molecule has 5 aromatic rings. The van der Waals surface area contributed by atoms with Crippen molar-refractivity contribution < 1.29 is 13.6 Å². The van der Waals surface area contributed by atoms with Crippen LogP contribution < -0.4 is 11.1 Å². The Balaban J connectivity index is 1.39. The van der Waals surface area contributed by atoms with Crippen LogP contribution in [0.3, 0.4) is 0 Å². The maximum atomic E-state index is 12.9. The molecule has 1 unspecified atom stereocenters. The molecule has 6 nitrogen and oxygen atoms in total. The Morgan fingerprint density at radius 1 is 0.871 bits per heavy atom. The highest BCUT2D eigenvalue weighted by molar-refractivity contribution is 5.80. The average molecular weight is 412 g/mol. The van der Waals surface area contributed by atoms with Gasteiger partial charge in [0.25, 0.3) is 0 Å². The van der Waals surface area contributed by atoms with Crippen molar-refractivity contribution in [1.82, 2.24) is 9.88 Å². The van der Waals surface area contributed by atoms with E-state index < -0.39 is 11.8 Å². The predicted molar refractivity (Wildman–Crippen MR) is 118 cm³/mol. The van der Waals surface area contributed by atoms with E-state index in [4.69, 9.17) is 8.83 Å². The molecule has 0 radical (unpaired) electrons. The first-order valence-corrected chi connectivity index (χ1v) is 10.1. The molecule has 0 fully saturated rings. The van der Waals surface area contributed by atoms with Crippen LogP contribution in [-0.2, 0) is 11.3 Å². The van der Waals surface area contributed by atoms with Crippen LogP contribution in [0, 0.1) is 0 Å². The van der Waals surface area contributed by atoms with E-state index in [1.807, 2.05) is 66.7 Å². The van der Waals surface area contributed by atoms with E-state index in [0.717, 1.165) is 16.5 Å². The standard InChI is InChI=1S/C25H20N2O4/c28-23(14-15-27-19-11-5-7-13-21(19)31-25(27)29)26-24(17-8-2-1-3-9-17)22-16-18-10-4-6-12-20(18)30-22/h1-13,16,24H,14-15H2,(H,26,28). The minimum Gasteiger partial charge on any atom is -0.459 e. The van der Waals surface area contributed by atoms with Crippen LogP contribution >= 0.6 is 0 Å². The smallest absolute Gasteiger partial charge is 0.419 e. The molecule has 2 aromatic heterocycles. The summed E-state index contributed by atoms with van der Waals surface area (Å²) in [5.74, 6) is 0.00376. The van der Waals surface area contributed by atoms with E-state index in [-0.39, 0.29) is 18.9 Å². The van der Waals surface area contributed by atoms with E-state index in [0.29, 0.717) is 16.9 Å². The Hall–Kier alpha value is -4.06. The third-order valence-corrected chi connectivity index (χ3v) is 5.30. The SMILES string of the molecule is O=C(CCn1c(=O)oc2ccccc21)NC(c1ccccc1)c1cc2ccccc2o1. The number of amides is 1. The molecular weight excluding hydrogens is 392 g/mol. The van der Waals surface area contributed by atoms with Crippen molar-refractivity contribution in [2.24, 2.45) is 0 Å². The number of para-hydroxylation sites is 3. The van der Waals surface area contributed by atoms with Crippen molar-refractivity contribution in [3.63, 3.8) is 0 Å². The summed E-state index contributed by atoms with van der Waals surface area (Å²) < 4.78 is 12.8. The maximum Gasteiger partial charge on any atom is 0.419 e. The molecule has 154 valence electrons. The number of fused-ring (bicyclic) bond motifs is 2. The fourth-order valence-electron chi connectivity index (χ4n) is 3.78. The summed E-state index contributed by atoms with van der Waals surface area (Å²) in [6.07, 6.45) is 0.132. The summed E-state index contributed by atoms with van der Waals surface area (Å²) in [7, 11) is 0. The van der Waals surface area contributed by atoms with Crippen molar-refractivity contribution in [3.8, 4) is 0 Å². The molecule has 1 amide bonds. The average Bonchev–Trinajstić information content (AvgIpc) is 3.36. The first-order valence-electron chi connectivity index (χ1n) is 10.1. The lowest BCUT2D eigenvalue weighted by molar-refractivity contribution is -0.121. The molecule has 0 saturated carbocycles. The predicted octanol–water partition coefficient (Wildman–Crippen LogP) is 4.64. The summed E-state index contributed by atoms with van der Waals surface area (Å²) >= 11 is 0. The van der Waals surface area contributed by atoms with Crippen LogP contribution in [0.2, 0.25) is 0 Å². The van der Waals surface area contributed by atoms with Crippen molar-refractivity contribution in [2.75, 3.05) is 0 Å². The van der Waals surface area contributed by atoms with Crippen LogP contribution in [0.15, 0.2) is 98.6 Å². The van der Waals surface area contributed by atoms with Crippen LogP contribution in [0.4, 0.5) is 0 Å². The van der Waals surface area contributed by atoms with E-state index in [1.165, 1.54) is 4.57 Å². The zero-order chi connectivity index (χ0) is 21.2. The molecule has 0 aliphatic heterocycles. The number of oxazole rings is 1. The van der Waals surface area contributed by atoms with Crippen molar-refractivity contribution in [2.45, 2.75) is 19.0 Å². The molecule has 0 bridgehead atoms. The summed E-state index contributed by atoms with van der Waals surface area (Å²) in [4.78, 5) is 25.0. The molecule has 2 heterocycles.